The third-order valence-electron chi connectivity index (χ3n) is 4.93. The Hall–Kier alpha value is -2.72. The van der Waals surface area contributed by atoms with Crippen molar-refractivity contribution < 1.29 is 9.53 Å². The fraction of sp³-hybridized carbons (Fsp3) is 0.227. The molecule has 2 aromatic carbocycles. The molecule has 0 spiro atoms. The van der Waals surface area contributed by atoms with Crippen molar-refractivity contribution in [3.63, 3.8) is 0 Å². The molecule has 0 saturated carbocycles. The highest BCUT2D eigenvalue weighted by Crippen LogP contribution is 2.29. The van der Waals surface area contributed by atoms with E-state index in [1.165, 1.54) is 16.5 Å². The van der Waals surface area contributed by atoms with Gasteiger partial charge in [0.05, 0.1) is 0 Å². The van der Waals surface area contributed by atoms with Crippen molar-refractivity contribution >= 4 is 34.0 Å². The molecule has 1 aromatic heterocycles. The van der Waals surface area contributed by atoms with E-state index in [9.17, 15) is 4.79 Å². The van der Waals surface area contributed by atoms with E-state index in [0.29, 0.717) is 23.9 Å². The Kier molecular flexibility index (Phi) is 4.90. The number of rotatable bonds is 4. The number of nitrogens with zero attached hydrogens (tertiary/aromatic N) is 1. The van der Waals surface area contributed by atoms with Crippen LogP contribution in [-0.2, 0) is 4.79 Å². The third-order valence-corrected chi connectivity index (χ3v) is 5.18. The molecule has 1 amide bonds. The lowest BCUT2D eigenvalue weighted by molar-refractivity contribution is -0.137. The molecular formula is C22H21ClN2O2. The highest BCUT2D eigenvalue weighted by Gasteiger charge is 2.24. The van der Waals surface area contributed by atoms with Crippen LogP contribution in [0, 0.1) is 0 Å². The summed E-state index contributed by atoms with van der Waals surface area (Å²) in [6.45, 7) is 3.08. The van der Waals surface area contributed by atoms with Crippen LogP contribution in [0.1, 0.15) is 18.9 Å². The Bertz CT molecular complexity index is 991. The molecule has 4 nitrogen and oxygen atoms in total. The van der Waals surface area contributed by atoms with Crippen molar-refractivity contribution in [2.24, 2.45) is 0 Å². The van der Waals surface area contributed by atoms with E-state index in [-0.39, 0.29) is 5.91 Å². The molecule has 27 heavy (non-hydrogen) atoms. The number of para-hydroxylation sites is 1. The summed E-state index contributed by atoms with van der Waals surface area (Å²) in [6.07, 6.45) is 4.50. The molecule has 0 aliphatic carbocycles. The molecule has 0 saturated heterocycles. The molecule has 5 heteroatoms. The summed E-state index contributed by atoms with van der Waals surface area (Å²) < 4.78 is 5.77. The molecule has 138 valence electrons. The number of aromatic amines is 1. The van der Waals surface area contributed by atoms with Crippen molar-refractivity contribution in [3.05, 3.63) is 71.4 Å². The van der Waals surface area contributed by atoms with Gasteiger partial charge in [0.2, 0.25) is 0 Å². The minimum atomic E-state index is -0.533. The van der Waals surface area contributed by atoms with E-state index < -0.39 is 6.10 Å². The highest BCUT2D eigenvalue weighted by molar-refractivity contribution is 6.30. The molecule has 1 aliphatic heterocycles. The Morgan fingerprint density at radius 1 is 1.19 bits per heavy atom. The van der Waals surface area contributed by atoms with Gasteiger partial charge in [0.25, 0.3) is 5.91 Å². The summed E-state index contributed by atoms with van der Waals surface area (Å²) in [5, 5.41) is 1.87. The maximum absolute atomic E-state index is 12.7. The molecular weight excluding hydrogens is 360 g/mol. The van der Waals surface area contributed by atoms with E-state index in [2.05, 4.69) is 35.5 Å². The standard InChI is InChI=1S/C22H21ClN2O2/c1-15(27-18-8-6-17(23)7-9-18)22(26)25-12-10-16(11-13-25)20-14-24-21-5-3-2-4-19(20)21/h2-10,14-15,24H,11-13H2,1H3. The number of hydrogen-bond donors (Lipinski definition) is 1. The number of nitrogens with one attached hydrogen (secondary N) is 1. The predicted molar refractivity (Wildman–Crippen MR) is 109 cm³/mol. The van der Waals surface area contributed by atoms with Crippen LogP contribution in [-0.4, -0.2) is 35.0 Å². The van der Waals surface area contributed by atoms with Gasteiger partial charge in [-0.3, -0.25) is 4.79 Å². The second-order valence-corrected chi connectivity index (χ2v) is 7.16. The molecule has 2 heterocycles. The van der Waals surface area contributed by atoms with Crippen LogP contribution in [0.25, 0.3) is 16.5 Å². The average Bonchev–Trinajstić information content (AvgIpc) is 3.13. The Morgan fingerprint density at radius 3 is 2.70 bits per heavy atom. The van der Waals surface area contributed by atoms with Crippen LogP contribution >= 0.6 is 11.6 Å². The maximum Gasteiger partial charge on any atom is 0.263 e. The average molecular weight is 381 g/mol. The van der Waals surface area contributed by atoms with Gasteiger partial charge in [-0.1, -0.05) is 35.9 Å². The Labute approximate surface area is 163 Å². The van der Waals surface area contributed by atoms with Crippen molar-refractivity contribution in [1.29, 1.82) is 0 Å². The Morgan fingerprint density at radius 2 is 1.96 bits per heavy atom. The van der Waals surface area contributed by atoms with Gasteiger partial charge in [-0.15, -0.1) is 0 Å². The predicted octanol–water partition coefficient (Wildman–Crippen LogP) is 4.90. The first-order valence-corrected chi connectivity index (χ1v) is 9.46. The first kappa shape index (κ1) is 17.7. The van der Waals surface area contributed by atoms with Crippen molar-refractivity contribution in [1.82, 2.24) is 9.88 Å². The molecule has 1 atom stereocenters. The van der Waals surface area contributed by atoms with Crippen molar-refractivity contribution in [2.45, 2.75) is 19.4 Å². The minimum absolute atomic E-state index is 0.000762. The zero-order valence-electron chi connectivity index (χ0n) is 15.1. The topological polar surface area (TPSA) is 45.3 Å². The minimum Gasteiger partial charge on any atom is -0.481 e. The number of carbonyl (C=O) groups is 1. The second-order valence-electron chi connectivity index (χ2n) is 6.73. The number of aromatic nitrogens is 1. The lowest BCUT2D eigenvalue weighted by atomic mass is 9.99. The van der Waals surface area contributed by atoms with Gasteiger partial charge >= 0.3 is 0 Å². The molecule has 1 unspecified atom stereocenters. The largest absolute Gasteiger partial charge is 0.481 e. The summed E-state index contributed by atoms with van der Waals surface area (Å²) in [7, 11) is 0. The van der Waals surface area contributed by atoms with Crippen LogP contribution < -0.4 is 4.74 Å². The van der Waals surface area contributed by atoms with Gasteiger partial charge in [0.15, 0.2) is 6.10 Å². The van der Waals surface area contributed by atoms with Crippen LogP contribution in [0.5, 0.6) is 5.75 Å². The SMILES string of the molecule is CC(Oc1ccc(Cl)cc1)C(=O)N1CC=C(c2c[nH]c3ccccc23)CC1. The van der Waals surface area contributed by atoms with E-state index in [0.717, 1.165) is 11.9 Å². The van der Waals surface area contributed by atoms with Crippen LogP contribution in [0.3, 0.4) is 0 Å². The van der Waals surface area contributed by atoms with Gasteiger partial charge in [-0.2, -0.15) is 0 Å². The fourth-order valence-electron chi connectivity index (χ4n) is 3.48. The maximum atomic E-state index is 12.7. The van der Waals surface area contributed by atoms with Crippen molar-refractivity contribution in [3.8, 4) is 5.75 Å². The van der Waals surface area contributed by atoms with Gasteiger partial charge < -0.3 is 14.6 Å². The number of ether oxygens (including phenoxy) is 1. The number of fused-ring (bicyclic) bond motifs is 1. The number of benzene rings is 2. The van der Waals surface area contributed by atoms with E-state index in [1.54, 1.807) is 31.2 Å². The Balaban J connectivity index is 1.43. The monoisotopic (exact) mass is 380 g/mol. The number of carbonyl (C=O) groups excluding carboxylic acids is 1. The number of H-pyrrole nitrogens is 1. The lowest BCUT2D eigenvalue weighted by Gasteiger charge is -2.29. The zero-order valence-corrected chi connectivity index (χ0v) is 15.9. The van der Waals surface area contributed by atoms with Gasteiger partial charge in [0, 0.05) is 40.8 Å². The van der Waals surface area contributed by atoms with Crippen LogP contribution in [0.2, 0.25) is 5.02 Å². The highest BCUT2D eigenvalue weighted by atomic mass is 35.5. The number of halogens is 1. The van der Waals surface area contributed by atoms with Gasteiger partial charge in [-0.25, -0.2) is 0 Å². The zero-order chi connectivity index (χ0) is 18.8. The van der Waals surface area contributed by atoms with Gasteiger partial charge in [0.1, 0.15) is 5.75 Å². The second kappa shape index (κ2) is 7.49. The van der Waals surface area contributed by atoms with E-state index >= 15 is 0 Å². The summed E-state index contributed by atoms with van der Waals surface area (Å²) in [5.41, 5.74) is 3.64. The molecule has 0 radical (unpaired) electrons. The molecule has 0 fully saturated rings. The third kappa shape index (κ3) is 3.71. The molecule has 1 aliphatic rings. The van der Waals surface area contributed by atoms with Crippen LogP contribution in [0.15, 0.2) is 60.8 Å². The fourth-order valence-corrected chi connectivity index (χ4v) is 3.60. The molecule has 4 rings (SSSR count). The first-order chi connectivity index (χ1) is 13.1. The van der Waals surface area contributed by atoms with Crippen molar-refractivity contribution in [2.75, 3.05) is 13.1 Å². The summed E-state index contributed by atoms with van der Waals surface area (Å²) >= 11 is 5.89. The smallest absolute Gasteiger partial charge is 0.263 e. The van der Waals surface area contributed by atoms with Gasteiger partial charge in [-0.05, 0) is 49.2 Å². The number of amides is 1. The summed E-state index contributed by atoms with van der Waals surface area (Å²) in [5.74, 6) is 0.645. The molecule has 3 aromatic rings. The summed E-state index contributed by atoms with van der Waals surface area (Å²) in [6, 6.07) is 15.3. The van der Waals surface area contributed by atoms with Crippen LogP contribution in [0.4, 0.5) is 0 Å². The normalized spacial score (nSPS) is 15.5. The first-order valence-electron chi connectivity index (χ1n) is 9.08. The summed E-state index contributed by atoms with van der Waals surface area (Å²) in [4.78, 5) is 17.9. The molecule has 1 N–H and O–H groups in total. The molecule has 0 bridgehead atoms. The quantitative estimate of drug-likeness (QED) is 0.699. The van der Waals surface area contributed by atoms with E-state index in [4.69, 9.17) is 16.3 Å². The van der Waals surface area contributed by atoms with E-state index in [1.807, 2.05) is 11.0 Å². The lowest BCUT2D eigenvalue weighted by Crippen LogP contribution is -2.42. The number of hydrogen-bond acceptors (Lipinski definition) is 2.